The van der Waals surface area contributed by atoms with Gasteiger partial charge in [-0.3, -0.25) is 14.4 Å². The van der Waals surface area contributed by atoms with Crippen molar-refractivity contribution in [2.24, 2.45) is 0 Å². The van der Waals surface area contributed by atoms with Crippen molar-refractivity contribution in [2.75, 3.05) is 10.2 Å². The second kappa shape index (κ2) is 6.90. The van der Waals surface area contributed by atoms with Gasteiger partial charge in [0, 0.05) is 23.1 Å². The predicted molar refractivity (Wildman–Crippen MR) is 108 cm³/mol. The number of alkyl halides is 3. The van der Waals surface area contributed by atoms with E-state index in [1.165, 1.54) is 17.0 Å². The zero-order chi connectivity index (χ0) is 21.7. The third kappa shape index (κ3) is 3.53. The highest BCUT2D eigenvalue weighted by atomic mass is 19.4. The number of amides is 1. The fourth-order valence-electron chi connectivity index (χ4n) is 3.43. The molecule has 0 radical (unpaired) electrons. The van der Waals surface area contributed by atoms with Crippen molar-refractivity contribution in [1.82, 2.24) is 9.78 Å². The first-order chi connectivity index (χ1) is 14.1. The number of fused-ring (bicyclic) bond motifs is 1. The second-order valence-corrected chi connectivity index (χ2v) is 8.20. The number of para-hydroxylation sites is 1. The Kier molecular flexibility index (Phi) is 4.60. The number of carbonyl (C=O) groups is 1. The number of carbonyl (C=O) groups excluding carboxylic acids is 1. The normalized spacial score (nSPS) is 16.9. The van der Waals surface area contributed by atoms with Crippen molar-refractivity contribution in [3.05, 3.63) is 77.6 Å². The summed E-state index contributed by atoms with van der Waals surface area (Å²) in [6, 6.07) is 11.7. The molecule has 1 unspecified atom stereocenters. The van der Waals surface area contributed by atoms with E-state index in [4.69, 9.17) is 0 Å². The van der Waals surface area contributed by atoms with Crippen LogP contribution in [0.2, 0.25) is 0 Å². The molecule has 2 heterocycles. The van der Waals surface area contributed by atoms with Crippen LogP contribution in [0.1, 0.15) is 48.4 Å². The average molecular weight is 414 g/mol. The van der Waals surface area contributed by atoms with Crippen LogP contribution < -0.4 is 10.2 Å². The monoisotopic (exact) mass is 414 g/mol. The topological polar surface area (TPSA) is 50.2 Å². The predicted octanol–water partition coefficient (Wildman–Crippen LogP) is 5.43. The summed E-state index contributed by atoms with van der Waals surface area (Å²) in [5.41, 5.74) is 0.760. The lowest BCUT2D eigenvalue weighted by molar-refractivity contribution is -0.137. The zero-order valence-corrected chi connectivity index (χ0v) is 16.7. The van der Waals surface area contributed by atoms with E-state index in [-0.39, 0.29) is 17.1 Å². The van der Waals surface area contributed by atoms with Gasteiger partial charge in [0.2, 0.25) is 0 Å². The minimum atomic E-state index is -4.51. The first kappa shape index (κ1) is 20.0. The van der Waals surface area contributed by atoms with E-state index in [0.29, 0.717) is 16.8 Å². The molecule has 0 bridgehead atoms. The Morgan fingerprint density at radius 3 is 2.43 bits per heavy atom. The lowest BCUT2D eigenvalue weighted by Crippen LogP contribution is -2.43. The number of hydrogen-bond donors (Lipinski definition) is 1. The summed E-state index contributed by atoms with van der Waals surface area (Å²) in [6.07, 6.45) is -1.77. The smallest absolute Gasteiger partial charge is 0.360 e. The first-order valence-electron chi connectivity index (χ1n) is 9.47. The molecule has 2 aromatic carbocycles. The SMILES string of the molecule is CC(C)(C)n1cc(C2Nc3ccccc3C(=O)N2c2cccc(C(F)(F)F)c2)cn1. The van der Waals surface area contributed by atoms with Crippen LogP contribution in [0.3, 0.4) is 0 Å². The molecule has 0 spiro atoms. The molecular weight excluding hydrogens is 393 g/mol. The summed E-state index contributed by atoms with van der Waals surface area (Å²) >= 11 is 0. The van der Waals surface area contributed by atoms with Crippen LogP contribution in [0.5, 0.6) is 0 Å². The summed E-state index contributed by atoms with van der Waals surface area (Å²) in [7, 11) is 0. The van der Waals surface area contributed by atoms with Gasteiger partial charge in [0.05, 0.1) is 22.9 Å². The molecule has 0 saturated carbocycles. The molecule has 4 rings (SSSR count). The lowest BCUT2D eigenvalue weighted by Gasteiger charge is -2.37. The third-order valence-electron chi connectivity index (χ3n) is 4.98. The van der Waals surface area contributed by atoms with E-state index in [9.17, 15) is 18.0 Å². The highest BCUT2D eigenvalue weighted by molar-refractivity contribution is 6.12. The third-order valence-corrected chi connectivity index (χ3v) is 4.98. The molecule has 30 heavy (non-hydrogen) atoms. The van der Waals surface area contributed by atoms with Gasteiger partial charge in [-0.05, 0) is 51.1 Å². The molecule has 1 aromatic heterocycles. The summed E-state index contributed by atoms with van der Waals surface area (Å²) in [6.45, 7) is 5.97. The van der Waals surface area contributed by atoms with Crippen LogP contribution in [-0.2, 0) is 11.7 Å². The molecule has 1 amide bonds. The molecule has 1 aliphatic rings. The van der Waals surface area contributed by atoms with Crippen LogP contribution in [0.4, 0.5) is 24.5 Å². The number of nitrogens with one attached hydrogen (secondary N) is 1. The fourth-order valence-corrected chi connectivity index (χ4v) is 3.43. The molecule has 156 valence electrons. The second-order valence-electron chi connectivity index (χ2n) is 8.20. The van der Waals surface area contributed by atoms with E-state index >= 15 is 0 Å². The average Bonchev–Trinajstić information content (AvgIpc) is 3.18. The Morgan fingerprint density at radius 2 is 1.77 bits per heavy atom. The molecule has 1 atom stereocenters. The Hall–Kier alpha value is -3.29. The van der Waals surface area contributed by atoms with E-state index in [1.54, 1.807) is 41.3 Å². The van der Waals surface area contributed by atoms with E-state index < -0.39 is 17.9 Å². The van der Waals surface area contributed by atoms with Crippen LogP contribution >= 0.6 is 0 Å². The molecule has 8 heteroatoms. The molecule has 1 N–H and O–H groups in total. The fraction of sp³-hybridized carbons (Fsp3) is 0.273. The highest BCUT2D eigenvalue weighted by Crippen LogP contribution is 2.39. The van der Waals surface area contributed by atoms with E-state index in [0.717, 1.165) is 12.1 Å². The number of aromatic nitrogens is 2. The number of halogens is 3. The van der Waals surface area contributed by atoms with Gasteiger partial charge in [0.15, 0.2) is 0 Å². The van der Waals surface area contributed by atoms with Crippen LogP contribution in [0, 0.1) is 0 Å². The Labute approximate surface area is 172 Å². The molecule has 0 fully saturated rings. The number of hydrogen-bond acceptors (Lipinski definition) is 3. The standard InChI is InChI=1S/C22H21F3N4O/c1-21(2,3)28-13-14(12-26-28)19-27-18-10-5-4-9-17(18)20(30)29(19)16-8-6-7-15(11-16)22(23,24)25/h4-13,19,27H,1-3H3. The molecule has 1 aliphatic heterocycles. The minimum Gasteiger partial charge on any atom is -0.360 e. The molecule has 5 nitrogen and oxygen atoms in total. The summed E-state index contributed by atoms with van der Waals surface area (Å²) in [4.78, 5) is 14.7. The maximum atomic E-state index is 13.3. The van der Waals surface area contributed by atoms with Gasteiger partial charge in [-0.25, -0.2) is 0 Å². The van der Waals surface area contributed by atoms with Crippen molar-refractivity contribution >= 4 is 17.3 Å². The highest BCUT2D eigenvalue weighted by Gasteiger charge is 2.37. The Bertz CT molecular complexity index is 1100. The van der Waals surface area contributed by atoms with Crippen molar-refractivity contribution < 1.29 is 18.0 Å². The van der Waals surface area contributed by atoms with Gasteiger partial charge in [-0.2, -0.15) is 18.3 Å². The van der Waals surface area contributed by atoms with Gasteiger partial charge in [0.1, 0.15) is 6.17 Å². The minimum absolute atomic E-state index is 0.158. The van der Waals surface area contributed by atoms with Crippen molar-refractivity contribution in [3.8, 4) is 0 Å². The largest absolute Gasteiger partial charge is 0.416 e. The Morgan fingerprint density at radius 1 is 1.03 bits per heavy atom. The summed E-state index contributed by atoms with van der Waals surface area (Å²) in [5, 5.41) is 7.67. The lowest BCUT2D eigenvalue weighted by atomic mass is 10.0. The molecule has 3 aromatic rings. The van der Waals surface area contributed by atoms with Gasteiger partial charge in [-0.15, -0.1) is 0 Å². The quantitative estimate of drug-likeness (QED) is 0.609. The number of anilines is 2. The number of benzene rings is 2. The van der Waals surface area contributed by atoms with Crippen LogP contribution in [0.25, 0.3) is 0 Å². The van der Waals surface area contributed by atoms with Crippen LogP contribution in [-0.4, -0.2) is 15.7 Å². The van der Waals surface area contributed by atoms with Gasteiger partial charge < -0.3 is 5.32 Å². The molecule has 0 saturated heterocycles. The number of nitrogens with zero attached hydrogens (tertiary/aromatic N) is 3. The number of rotatable bonds is 2. The molecular formula is C22H21F3N4O. The van der Waals surface area contributed by atoms with Crippen molar-refractivity contribution in [2.45, 2.75) is 38.7 Å². The summed E-state index contributed by atoms with van der Waals surface area (Å²) in [5.74, 6) is -0.378. The van der Waals surface area contributed by atoms with E-state index in [2.05, 4.69) is 10.4 Å². The van der Waals surface area contributed by atoms with Crippen molar-refractivity contribution in [1.29, 1.82) is 0 Å². The van der Waals surface area contributed by atoms with Gasteiger partial charge in [0.25, 0.3) is 5.91 Å². The first-order valence-corrected chi connectivity index (χ1v) is 9.47. The van der Waals surface area contributed by atoms with Crippen molar-refractivity contribution in [3.63, 3.8) is 0 Å². The van der Waals surface area contributed by atoms with E-state index in [1.807, 2.05) is 20.8 Å². The zero-order valence-electron chi connectivity index (χ0n) is 16.7. The summed E-state index contributed by atoms with van der Waals surface area (Å²) < 4.78 is 41.6. The van der Waals surface area contributed by atoms with Gasteiger partial charge in [-0.1, -0.05) is 18.2 Å². The maximum absolute atomic E-state index is 13.3. The van der Waals surface area contributed by atoms with Gasteiger partial charge >= 0.3 is 6.18 Å². The maximum Gasteiger partial charge on any atom is 0.416 e. The Balaban J connectivity index is 1.85. The van der Waals surface area contributed by atoms with Crippen LogP contribution in [0.15, 0.2) is 60.9 Å². The molecule has 0 aliphatic carbocycles.